The Balaban J connectivity index is 1.55. The van der Waals surface area contributed by atoms with Gasteiger partial charge in [-0.1, -0.05) is 15.9 Å². The molecule has 0 heterocycles. The molecular formula is C21H18BrN3O2S. The number of rotatable bonds is 6. The molecule has 0 saturated heterocycles. The average molecular weight is 456 g/mol. The van der Waals surface area contributed by atoms with Crippen LogP contribution in [0.15, 0.2) is 82.2 Å². The third kappa shape index (κ3) is 5.87. The summed E-state index contributed by atoms with van der Waals surface area (Å²) in [6.45, 7) is 1.45. The minimum Gasteiger partial charge on any atom is -0.326 e. The summed E-state index contributed by atoms with van der Waals surface area (Å²) in [5.41, 5.74) is 2.81. The summed E-state index contributed by atoms with van der Waals surface area (Å²) in [5.74, 6) is -0.330. The largest absolute Gasteiger partial charge is 0.326 e. The molecule has 28 heavy (non-hydrogen) atoms. The van der Waals surface area contributed by atoms with Crippen LogP contribution in [0.1, 0.15) is 17.3 Å². The van der Waals surface area contributed by atoms with Gasteiger partial charge in [0.25, 0.3) is 5.91 Å². The fourth-order valence-corrected chi connectivity index (χ4v) is 3.26. The minimum atomic E-state index is -0.195. The number of amides is 2. The summed E-state index contributed by atoms with van der Waals surface area (Å²) in [6, 6.07) is 22.2. The Labute approximate surface area is 176 Å². The molecule has 142 valence electrons. The molecule has 3 aromatic carbocycles. The number of hydrogen-bond donors (Lipinski definition) is 3. The Kier molecular flexibility index (Phi) is 6.73. The van der Waals surface area contributed by atoms with E-state index in [9.17, 15) is 9.59 Å². The summed E-state index contributed by atoms with van der Waals surface area (Å²) < 4.78 is 4.29. The van der Waals surface area contributed by atoms with E-state index in [1.165, 1.54) is 18.9 Å². The van der Waals surface area contributed by atoms with Gasteiger partial charge < -0.3 is 15.4 Å². The highest BCUT2D eigenvalue weighted by molar-refractivity contribution is 9.10. The van der Waals surface area contributed by atoms with Crippen molar-refractivity contribution in [3.8, 4) is 0 Å². The van der Waals surface area contributed by atoms with Crippen molar-refractivity contribution in [2.24, 2.45) is 0 Å². The molecule has 0 unspecified atom stereocenters. The molecule has 5 nitrogen and oxygen atoms in total. The zero-order chi connectivity index (χ0) is 19.9. The molecule has 0 aliphatic carbocycles. The van der Waals surface area contributed by atoms with Crippen LogP contribution < -0.4 is 15.4 Å². The first-order chi connectivity index (χ1) is 13.5. The molecule has 0 atom stereocenters. The first kappa shape index (κ1) is 20.0. The predicted octanol–water partition coefficient (Wildman–Crippen LogP) is 5.78. The number of halogens is 1. The van der Waals surface area contributed by atoms with Gasteiger partial charge in [-0.25, -0.2) is 0 Å². The van der Waals surface area contributed by atoms with Crippen molar-refractivity contribution < 1.29 is 9.59 Å². The predicted molar refractivity (Wildman–Crippen MR) is 119 cm³/mol. The maximum atomic E-state index is 12.4. The van der Waals surface area contributed by atoms with Crippen LogP contribution in [0.25, 0.3) is 0 Å². The molecule has 3 rings (SSSR count). The van der Waals surface area contributed by atoms with Crippen LogP contribution in [0.3, 0.4) is 0 Å². The summed E-state index contributed by atoms with van der Waals surface area (Å²) in [5, 5.41) is 5.53. The van der Waals surface area contributed by atoms with Gasteiger partial charge in [0, 0.05) is 38.9 Å². The summed E-state index contributed by atoms with van der Waals surface area (Å²) in [6.07, 6.45) is 0. The van der Waals surface area contributed by atoms with Crippen LogP contribution in [0.5, 0.6) is 0 Å². The number of carbonyl (C=O) groups is 2. The molecule has 0 bridgehead atoms. The fraction of sp³-hybridized carbons (Fsp3) is 0.0476. The van der Waals surface area contributed by atoms with Crippen LogP contribution in [-0.4, -0.2) is 11.8 Å². The Bertz CT molecular complexity index is 958. The summed E-state index contributed by atoms with van der Waals surface area (Å²) in [4.78, 5) is 24.5. The lowest BCUT2D eigenvalue weighted by molar-refractivity contribution is -0.114. The van der Waals surface area contributed by atoms with E-state index in [4.69, 9.17) is 0 Å². The van der Waals surface area contributed by atoms with E-state index in [0.717, 1.165) is 15.1 Å². The minimum absolute atomic E-state index is 0.135. The van der Waals surface area contributed by atoms with Gasteiger partial charge in [-0.15, -0.1) is 0 Å². The highest BCUT2D eigenvalue weighted by Gasteiger charge is 2.06. The molecule has 7 heteroatoms. The number of carbonyl (C=O) groups excluding carboxylic acids is 2. The molecule has 0 aliphatic heterocycles. The second-order valence-electron chi connectivity index (χ2n) is 5.95. The molecule has 0 spiro atoms. The third-order valence-electron chi connectivity index (χ3n) is 3.71. The van der Waals surface area contributed by atoms with Crippen LogP contribution in [0.4, 0.5) is 17.1 Å². The van der Waals surface area contributed by atoms with Crippen molar-refractivity contribution in [2.45, 2.75) is 11.8 Å². The maximum Gasteiger partial charge on any atom is 0.255 e. The van der Waals surface area contributed by atoms with Crippen molar-refractivity contribution in [1.29, 1.82) is 0 Å². The molecule has 0 aliphatic rings. The Morgan fingerprint density at radius 1 is 0.750 bits per heavy atom. The summed E-state index contributed by atoms with van der Waals surface area (Å²) in [7, 11) is 0. The van der Waals surface area contributed by atoms with Crippen molar-refractivity contribution in [2.75, 3.05) is 15.4 Å². The third-order valence-corrected chi connectivity index (χ3v) is 5.08. The van der Waals surface area contributed by atoms with E-state index >= 15 is 0 Å². The van der Waals surface area contributed by atoms with Crippen LogP contribution in [-0.2, 0) is 4.79 Å². The number of nitrogens with one attached hydrogen (secondary N) is 3. The first-order valence-electron chi connectivity index (χ1n) is 8.47. The van der Waals surface area contributed by atoms with E-state index < -0.39 is 0 Å². The van der Waals surface area contributed by atoms with E-state index in [-0.39, 0.29) is 11.8 Å². The fourth-order valence-electron chi connectivity index (χ4n) is 2.35. The molecular weight excluding hydrogens is 438 g/mol. The zero-order valence-electron chi connectivity index (χ0n) is 15.0. The van der Waals surface area contributed by atoms with Crippen LogP contribution >= 0.6 is 27.9 Å². The van der Waals surface area contributed by atoms with Crippen LogP contribution in [0.2, 0.25) is 0 Å². The molecule has 2 amide bonds. The van der Waals surface area contributed by atoms with Gasteiger partial charge >= 0.3 is 0 Å². The Hall–Kier alpha value is -2.77. The van der Waals surface area contributed by atoms with Crippen molar-refractivity contribution in [3.05, 3.63) is 82.8 Å². The molecule has 0 fully saturated rings. The molecule has 3 aromatic rings. The highest BCUT2D eigenvalue weighted by Crippen LogP contribution is 2.23. The second kappa shape index (κ2) is 9.43. The molecule has 0 radical (unpaired) electrons. The quantitative estimate of drug-likeness (QED) is 0.412. The average Bonchev–Trinajstić information content (AvgIpc) is 2.69. The first-order valence-corrected chi connectivity index (χ1v) is 10.1. The summed E-state index contributed by atoms with van der Waals surface area (Å²) >= 11 is 4.92. The van der Waals surface area contributed by atoms with Crippen molar-refractivity contribution in [3.63, 3.8) is 0 Å². The molecule has 3 N–H and O–H groups in total. The molecule has 0 aromatic heterocycles. The zero-order valence-corrected chi connectivity index (χ0v) is 17.4. The Morgan fingerprint density at radius 2 is 1.29 bits per heavy atom. The normalized spacial score (nSPS) is 10.2. The van der Waals surface area contributed by atoms with E-state index in [1.807, 2.05) is 36.4 Å². The number of hydrogen-bond acceptors (Lipinski definition) is 4. The number of anilines is 3. The highest BCUT2D eigenvalue weighted by atomic mass is 79.9. The van der Waals surface area contributed by atoms with Gasteiger partial charge in [0.2, 0.25) is 5.91 Å². The lowest BCUT2D eigenvalue weighted by atomic mass is 10.2. The van der Waals surface area contributed by atoms with E-state index in [2.05, 4.69) is 31.3 Å². The molecule has 0 saturated carbocycles. The SMILES string of the molecule is CC(=O)Nc1ccc(NC(=O)c2ccc(NSc3ccc(Br)cc3)cc2)cc1. The van der Waals surface area contributed by atoms with Gasteiger partial charge in [-0.2, -0.15) is 0 Å². The smallest absolute Gasteiger partial charge is 0.255 e. The topological polar surface area (TPSA) is 70.2 Å². The van der Waals surface area contributed by atoms with Crippen LogP contribution in [0, 0.1) is 0 Å². The Morgan fingerprint density at radius 3 is 1.86 bits per heavy atom. The lowest BCUT2D eigenvalue weighted by Gasteiger charge is -2.09. The van der Waals surface area contributed by atoms with Gasteiger partial charge in [0.1, 0.15) is 0 Å². The van der Waals surface area contributed by atoms with E-state index in [1.54, 1.807) is 36.4 Å². The number of benzene rings is 3. The van der Waals surface area contributed by atoms with E-state index in [0.29, 0.717) is 16.9 Å². The standard InChI is InChI=1S/C21H18BrN3O2S/c1-14(26)23-17-8-10-18(11-9-17)24-21(27)15-2-6-19(7-3-15)25-28-20-12-4-16(22)5-13-20/h2-13,25H,1H3,(H,23,26)(H,24,27). The van der Waals surface area contributed by atoms with Gasteiger partial charge in [0.05, 0.1) is 0 Å². The lowest BCUT2D eigenvalue weighted by Crippen LogP contribution is -2.12. The second-order valence-corrected chi connectivity index (χ2v) is 7.74. The van der Waals surface area contributed by atoms with Gasteiger partial charge in [0.15, 0.2) is 0 Å². The maximum absolute atomic E-state index is 12.4. The van der Waals surface area contributed by atoms with Crippen molar-refractivity contribution in [1.82, 2.24) is 0 Å². The van der Waals surface area contributed by atoms with Crippen molar-refractivity contribution >= 4 is 56.8 Å². The monoisotopic (exact) mass is 455 g/mol. The van der Waals surface area contributed by atoms with Gasteiger partial charge in [-0.3, -0.25) is 9.59 Å². The van der Waals surface area contributed by atoms with Gasteiger partial charge in [-0.05, 0) is 84.7 Å².